The molecule has 6 unspecified atom stereocenters. The van der Waals surface area contributed by atoms with Gasteiger partial charge < -0.3 is 14.2 Å². The van der Waals surface area contributed by atoms with E-state index in [1.54, 1.807) is 0 Å². The first-order valence-electron chi connectivity index (χ1n) is 19.5. The zero-order chi connectivity index (χ0) is 38.1. The van der Waals surface area contributed by atoms with Crippen molar-refractivity contribution in [1.29, 1.82) is 0 Å². The average Bonchev–Trinajstić information content (AvgIpc) is 3.80. The van der Waals surface area contributed by atoms with Gasteiger partial charge in [0.2, 0.25) is 17.4 Å². The molecule has 9 nitrogen and oxygen atoms in total. The van der Waals surface area contributed by atoms with Crippen LogP contribution in [0.1, 0.15) is 148 Å². The number of fused-ring (bicyclic) bond motifs is 1. The van der Waals surface area contributed by atoms with Crippen molar-refractivity contribution in [2.24, 2.45) is 23.7 Å². The van der Waals surface area contributed by atoms with Gasteiger partial charge in [-0.1, -0.05) is 69.9 Å². The summed E-state index contributed by atoms with van der Waals surface area (Å²) in [7, 11) is -5.74. The van der Waals surface area contributed by atoms with E-state index in [-0.39, 0.29) is 18.3 Å². The van der Waals surface area contributed by atoms with Gasteiger partial charge in [-0.05, 0) is 79.4 Å². The number of esters is 3. The van der Waals surface area contributed by atoms with Gasteiger partial charge in [0.25, 0.3) is 0 Å². The van der Waals surface area contributed by atoms with Crippen LogP contribution in [0.2, 0.25) is 0 Å². The molecular formula is C40H44F4O9S. The van der Waals surface area contributed by atoms with Gasteiger partial charge >= 0.3 is 28.0 Å². The van der Waals surface area contributed by atoms with E-state index in [1.165, 1.54) is 24.8 Å². The summed E-state index contributed by atoms with van der Waals surface area (Å²) in [6.45, 7) is 0. The molecule has 54 heavy (non-hydrogen) atoms. The molecule has 5 saturated carbocycles. The number of carbonyl (C=O) groups is 3. The molecular weight excluding hydrogens is 732 g/mol. The highest BCUT2D eigenvalue weighted by Crippen LogP contribution is 2.59. The second-order valence-electron chi connectivity index (χ2n) is 16.3. The Bertz CT molecular complexity index is 1900. The third-order valence-electron chi connectivity index (χ3n) is 13.3. The number of carbonyl (C=O) groups excluding carboxylic acids is 3. The Hall–Kier alpha value is -3.52. The van der Waals surface area contributed by atoms with Crippen LogP contribution < -0.4 is 4.74 Å². The fraction of sp³-hybridized carbons (Fsp3) is 0.625. The molecule has 2 bridgehead atoms. The highest BCUT2D eigenvalue weighted by atomic mass is 32.2. The van der Waals surface area contributed by atoms with Gasteiger partial charge in [-0.25, -0.2) is 13.6 Å². The van der Waals surface area contributed by atoms with Crippen LogP contribution in [0.15, 0.2) is 17.0 Å². The first kappa shape index (κ1) is 37.4. The van der Waals surface area contributed by atoms with Crippen LogP contribution in [0.25, 0.3) is 0 Å². The zero-order valence-electron chi connectivity index (χ0n) is 29.8. The second-order valence-corrected chi connectivity index (χ2v) is 17.6. The molecule has 0 amide bonds. The summed E-state index contributed by atoms with van der Waals surface area (Å²) in [6, 6.07) is 4.46. The van der Waals surface area contributed by atoms with E-state index in [9.17, 15) is 40.4 Å². The van der Waals surface area contributed by atoms with Crippen molar-refractivity contribution in [2.75, 3.05) is 0 Å². The molecule has 8 rings (SSSR count). The normalized spacial score (nSPS) is 29.0. The summed E-state index contributed by atoms with van der Waals surface area (Å²) in [5.74, 6) is -17.7. The van der Waals surface area contributed by atoms with Crippen molar-refractivity contribution in [3.8, 4) is 5.75 Å². The van der Waals surface area contributed by atoms with Crippen molar-refractivity contribution in [1.82, 2.24) is 0 Å². The molecule has 6 fully saturated rings. The number of rotatable bonds is 8. The van der Waals surface area contributed by atoms with Crippen molar-refractivity contribution < 1.29 is 59.1 Å². The van der Waals surface area contributed by atoms with Crippen molar-refractivity contribution >= 4 is 28.0 Å². The molecule has 1 aliphatic heterocycles. The Morgan fingerprint density at radius 1 is 0.722 bits per heavy atom. The summed E-state index contributed by atoms with van der Waals surface area (Å²) in [4.78, 5) is 39.3. The lowest BCUT2D eigenvalue weighted by atomic mass is 9.73. The van der Waals surface area contributed by atoms with Crippen LogP contribution in [-0.2, 0) is 29.2 Å². The molecule has 2 aromatic rings. The molecule has 0 spiro atoms. The van der Waals surface area contributed by atoms with Gasteiger partial charge in [0.1, 0.15) is 12.2 Å². The van der Waals surface area contributed by atoms with Crippen molar-refractivity contribution in [2.45, 2.75) is 138 Å². The Labute approximate surface area is 311 Å². The molecule has 1 heterocycles. The second kappa shape index (κ2) is 14.5. The lowest BCUT2D eigenvalue weighted by Gasteiger charge is -2.34. The predicted octanol–water partition coefficient (Wildman–Crippen LogP) is 8.57. The van der Waals surface area contributed by atoms with Crippen LogP contribution in [0.3, 0.4) is 0 Å². The maximum atomic E-state index is 14.9. The number of ether oxygens (including phenoxy) is 3. The first-order valence-corrected chi connectivity index (χ1v) is 20.9. The molecule has 0 aromatic heterocycles. The van der Waals surface area contributed by atoms with Gasteiger partial charge in [-0.15, -0.1) is 0 Å². The van der Waals surface area contributed by atoms with E-state index in [2.05, 4.69) is 12.1 Å². The molecule has 5 aliphatic carbocycles. The fourth-order valence-corrected chi connectivity index (χ4v) is 11.4. The monoisotopic (exact) mass is 776 g/mol. The van der Waals surface area contributed by atoms with Gasteiger partial charge in [0, 0.05) is 11.8 Å². The summed E-state index contributed by atoms with van der Waals surface area (Å²) < 4.78 is 108. The lowest BCUT2D eigenvalue weighted by Crippen LogP contribution is -2.44. The molecule has 1 saturated heterocycles. The van der Waals surface area contributed by atoms with Crippen molar-refractivity contribution in [3.05, 3.63) is 57.7 Å². The van der Waals surface area contributed by atoms with Crippen LogP contribution >= 0.6 is 0 Å². The molecule has 292 valence electrons. The predicted molar refractivity (Wildman–Crippen MR) is 183 cm³/mol. The minimum absolute atomic E-state index is 0.168. The van der Waals surface area contributed by atoms with E-state index < -0.39 is 97.8 Å². The third kappa shape index (κ3) is 6.42. The van der Waals surface area contributed by atoms with Gasteiger partial charge in [-0.3, -0.25) is 14.1 Å². The molecule has 6 atom stereocenters. The lowest BCUT2D eigenvalue weighted by molar-refractivity contribution is -0.150. The first-order chi connectivity index (χ1) is 25.8. The average molecular weight is 777 g/mol. The molecule has 1 N–H and O–H groups in total. The maximum Gasteiger partial charge on any atom is 0.339 e. The zero-order valence-corrected chi connectivity index (χ0v) is 30.6. The smallest absolute Gasteiger partial charge is 0.339 e. The largest absolute Gasteiger partial charge is 0.458 e. The standard InChI is InChI=1S/C40H44F4O9S/c41-30-32(43)37(54(48,49)50)33(44)31(42)36(30)53-40(47)29-26-18-25-28(29)39(46)52-35(25)34(26)51-38(45)27-23(20-12-6-2-7-13-20)16-22(19-10-4-1-5-11-19)17-24(27)21-14-8-3-9-15-21/h16-17,19-21,25-26,28-29,34-35H,1-15,18H2,(H,48,49,50). The minimum atomic E-state index is -5.74. The number of hydrogen-bond acceptors (Lipinski definition) is 8. The number of hydrogen-bond donors (Lipinski definition) is 1. The summed E-state index contributed by atoms with van der Waals surface area (Å²) in [5.41, 5.74) is 3.81. The number of halogens is 4. The third-order valence-corrected chi connectivity index (χ3v) is 14.2. The maximum absolute atomic E-state index is 14.9. The summed E-state index contributed by atoms with van der Waals surface area (Å²) >= 11 is 0. The van der Waals surface area contributed by atoms with Crippen molar-refractivity contribution in [3.63, 3.8) is 0 Å². The van der Waals surface area contributed by atoms with E-state index >= 15 is 0 Å². The Morgan fingerprint density at radius 2 is 1.22 bits per heavy atom. The molecule has 6 aliphatic rings. The fourth-order valence-electron chi connectivity index (χ4n) is 10.8. The molecule has 0 radical (unpaired) electrons. The Kier molecular flexibility index (Phi) is 10.1. The SMILES string of the molecule is O=C(OC1C2CC3C1OC(=O)C3C2C(=O)Oc1c(F)c(F)c(S(=O)(=O)O)c(F)c1F)c1c(C2CCCCC2)cc(C2CCCCC2)cc1C1CCCCC1. The quantitative estimate of drug-likeness (QED) is 0.0921. The van der Waals surface area contributed by atoms with Crippen LogP contribution in [-0.4, -0.2) is 43.1 Å². The summed E-state index contributed by atoms with van der Waals surface area (Å²) in [6.07, 6.45) is 14.2. The highest BCUT2D eigenvalue weighted by molar-refractivity contribution is 7.85. The number of benzene rings is 2. The van der Waals surface area contributed by atoms with Gasteiger partial charge in [0.05, 0.1) is 17.4 Å². The van der Waals surface area contributed by atoms with Crippen LogP contribution in [0, 0.1) is 46.9 Å². The van der Waals surface area contributed by atoms with E-state index in [0.717, 1.165) is 88.2 Å². The highest BCUT2D eigenvalue weighted by Gasteiger charge is 2.70. The van der Waals surface area contributed by atoms with Gasteiger partial charge in [-0.2, -0.15) is 17.2 Å². The Balaban J connectivity index is 1.13. The van der Waals surface area contributed by atoms with Crippen LogP contribution in [0.4, 0.5) is 17.6 Å². The van der Waals surface area contributed by atoms with Gasteiger partial charge in [0.15, 0.2) is 16.5 Å². The Morgan fingerprint density at radius 3 is 1.72 bits per heavy atom. The van der Waals surface area contributed by atoms with Crippen LogP contribution in [0.5, 0.6) is 5.75 Å². The van der Waals surface area contributed by atoms with E-state index in [0.29, 0.717) is 11.5 Å². The van der Waals surface area contributed by atoms with E-state index in [1.807, 2.05) is 0 Å². The topological polar surface area (TPSA) is 133 Å². The molecule has 2 aromatic carbocycles. The van der Waals surface area contributed by atoms with E-state index in [4.69, 9.17) is 18.8 Å². The summed E-state index contributed by atoms with van der Waals surface area (Å²) in [5, 5.41) is 0. The minimum Gasteiger partial charge on any atom is -0.458 e. The molecule has 14 heteroatoms.